The first kappa shape index (κ1) is 10.3. The Labute approximate surface area is 80.1 Å². The Kier molecular flexibility index (Phi) is 4.03. The molecule has 1 heterocycles. The minimum Gasteiger partial charge on any atom is -0.469 e. The summed E-state index contributed by atoms with van der Waals surface area (Å²) in [6.07, 6.45) is 4.05. The molecule has 0 radical (unpaired) electrons. The normalized spacial score (nSPS) is 13.5. The molecule has 0 saturated carbocycles. The van der Waals surface area contributed by atoms with Gasteiger partial charge < -0.3 is 10.2 Å². The van der Waals surface area contributed by atoms with Gasteiger partial charge in [-0.25, -0.2) is 0 Å². The van der Waals surface area contributed by atoms with Crippen molar-refractivity contribution in [1.29, 1.82) is 0 Å². The SMILES string of the molecule is CCC(CC)C(CN)c1ccco1. The van der Waals surface area contributed by atoms with Crippen LogP contribution < -0.4 is 5.73 Å². The standard InChI is InChI=1S/C11H19NO/c1-3-9(4-2)10(8-12)11-6-5-7-13-11/h5-7,9-10H,3-4,8,12H2,1-2H3. The molecule has 1 unspecified atom stereocenters. The average Bonchev–Trinajstić information content (AvgIpc) is 2.66. The minimum atomic E-state index is 0.394. The molecule has 0 aliphatic rings. The van der Waals surface area contributed by atoms with Gasteiger partial charge in [-0.1, -0.05) is 26.7 Å². The molecule has 0 aliphatic heterocycles. The van der Waals surface area contributed by atoms with Gasteiger partial charge in [-0.05, 0) is 18.1 Å². The van der Waals surface area contributed by atoms with Gasteiger partial charge in [0.15, 0.2) is 0 Å². The fourth-order valence-corrected chi connectivity index (χ4v) is 1.90. The molecule has 0 bridgehead atoms. The summed E-state index contributed by atoms with van der Waals surface area (Å²) in [5.41, 5.74) is 5.76. The monoisotopic (exact) mass is 181 g/mol. The zero-order chi connectivity index (χ0) is 9.68. The van der Waals surface area contributed by atoms with Crippen molar-refractivity contribution in [3.8, 4) is 0 Å². The first-order valence-electron chi connectivity index (χ1n) is 5.06. The summed E-state index contributed by atoms with van der Waals surface area (Å²) in [6.45, 7) is 5.10. The molecule has 0 aromatic carbocycles. The zero-order valence-electron chi connectivity index (χ0n) is 8.49. The van der Waals surface area contributed by atoms with Crippen molar-refractivity contribution in [2.75, 3.05) is 6.54 Å². The van der Waals surface area contributed by atoms with E-state index in [0.717, 1.165) is 5.76 Å². The van der Waals surface area contributed by atoms with Gasteiger partial charge in [-0.2, -0.15) is 0 Å². The van der Waals surface area contributed by atoms with E-state index in [9.17, 15) is 0 Å². The lowest BCUT2D eigenvalue weighted by atomic mass is 9.86. The second-order valence-corrected chi connectivity index (χ2v) is 3.43. The second-order valence-electron chi connectivity index (χ2n) is 3.43. The molecule has 1 atom stereocenters. The topological polar surface area (TPSA) is 39.2 Å². The third kappa shape index (κ3) is 2.34. The zero-order valence-corrected chi connectivity index (χ0v) is 8.49. The van der Waals surface area contributed by atoms with E-state index < -0.39 is 0 Å². The Morgan fingerprint density at radius 1 is 1.38 bits per heavy atom. The van der Waals surface area contributed by atoms with E-state index in [1.807, 2.05) is 12.1 Å². The molecular formula is C11H19NO. The smallest absolute Gasteiger partial charge is 0.108 e. The molecule has 74 valence electrons. The summed E-state index contributed by atoms with van der Waals surface area (Å²) in [7, 11) is 0. The first-order valence-corrected chi connectivity index (χ1v) is 5.06. The van der Waals surface area contributed by atoms with Crippen LogP contribution in [0, 0.1) is 5.92 Å². The highest BCUT2D eigenvalue weighted by molar-refractivity contribution is 5.07. The second kappa shape index (κ2) is 5.07. The molecule has 0 saturated heterocycles. The molecule has 1 aromatic heterocycles. The number of rotatable bonds is 5. The van der Waals surface area contributed by atoms with Crippen LogP contribution in [-0.4, -0.2) is 6.54 Å². The Bertz CT molecular complexity index is 214. The van der Waals surface area contributed by atoms with Gasteiger partial charge >= 0.3 is 0 Å². The van der Waals surface area contributed by atoms with Crippen LogP contribution in [0.5, 0.6) is 0 Å². The van der Waals surface area contributed by atoms with E-state index in [0.29, 0.717) is 18.4 Å². The van der Waals surface area contributed by atoms with Crippen molar-refractivity contribution in [1.82, 2.24) is 0 Å². The quantitative estimate of drug-likeness (QED) is 0.758. The average molecular weight is 181 g/mol. The summed E-state index contributed by atoms with van der Waals surface area (Å²) in [5, 5.41) is 0. The molecule has 1 rings (SSSR count). The van der Waals surface area contributed by atoms with Crippen LogP contribution in [0.1, 0.15) is 38.4 Å². The minimum absolute atomic E-state index is 0.394. The van der Waals surface area contributed by atoms with Crippen LogP contribution in [0.4, 0.5) is 0 Å². The number of nitrogens with two attached hydrogens (primary N) is 1. The molecule has 0 fully saturated rings. The largest absolute Gasteiger partial charge is 0.469 e. The molecule has 0 spiro atoms. The van der Waals surface area contributed by atoms with Gasteiger partial charge in [0, 0.05) is 12.5 Å². The van der Waals surface area contributed by atoms with Crippen LogP contribution in [0.2, 0.25) is 0 Å². The van der Waals surface area contributed by atoms with Crippen LogP contribution in [0.3, 0.4) is 0 Å². The number of furan rings is 1. The van der Waals surface area contributed by atoms with Crippen molar-refractivity contribution < 1.29 is 4.42 Å². The summed E-state index contributed by atoms with van der Waals surface area (Å²) < 4.78 is 5.39. The first-order chi connectivity index (χ1) is 6.33. The van der Waals surface area contributed by atoms with Crippen LogP contribution in [0.25, 0.3) is 0 Å². The fourth-order valence-electron chi connectivity index (χ4n) is 1.90. The lowest BCUT2D eigenvalue weighted by molar-refractivity contribution is 0.345. The fraction of sp³-hybridized carbons (Fsp3) is 0.636. The Morgan fingerprint density at radius 3 is 2.46 bits per heavy atom. The van der Waals surface area contributed by atoms with Gasteiger partial charge in [0.2, 0.25) is 0 Å². The van der Waals surface area contributed by atoms with Crippen LogP contribution >= 0.6 is 0 Å². The van der Waals surface area contributed by atoms with Gasteiger partial charge in [0.1, 0.15) is 5.76 Å². The predicted octanol–water partition coefficient (Wildman–Crippen LogP) is 2.76. The third-order valence-electron chi connectivity index (χ3n) is 2.78. The highest BCUT2D eigenvalue weighted by atomic mass is 16.3. The highest BCUT2D eigenvalue weighted by Gasteiger charge is 2.20. The summed E-state index contributed by atoms with van der Waals surface area (Å²) >= 11 is 0. The van der Waals surface area contributed by atoms with Gasteiger partial charge in [-0.3, -0.25) is 0 Å². The Balaban J connectivity index is 2.72. The predicted molar refractivity (Wildman–Crippen MR) is 54.6 cm³/mol. The van der Waals surface area contributed by atoms with Crippen LogP contribution in [0.15, 0.2) is 22.8 Å². The molecule has 1 aromatic rings. The van der Waals surface area contributed by atoms with Crippen molar-refractivity contribution in [3.05, 3.63) is 24.2 Å². The molecular weight excluding hydrogens is 162 g/mol. The summed E-state index contributed by atoms with van der Waals surface area (Å²) in [6, 6.07) is 3.95. The van der Waals surface area contributed by atoms with E-state index in [1.165, 1.54) is 12.8 Å². The molecule has 2 nitrogen and oxygen atoms in total. The molecule has 2 heteroatoms. The van der Waals surface area contributed by atoms with E-state index >= 15 is 0 Å². The maximum Gasteiger partial charge on any atom is 0.108 e. The molecule has 13 heavy (non-hydrogen) atoms. The molecule has 2 N–H and O–H groups in total. The van der Waals surface area contributed by atoms with E-state index in [-0.39, 0.29) is 0 Å². The lowest BCUT2D eigenvalue weighted by Gasteiger charge is -2.21. The summed E-state index contributed by atoms with van der Waals surface area (Å²) in [5.74, 6) is 2.08. The van der Waals surface area contributed by atoms with Crippen LogP contribution in [-0.2, 0) is 0 Å². The maximum absolute atomic E-state index is 5.76. The van der Waals surface area contributed by atoms with Crippen molar-refractivity contribution in [3.63, 3.8) is 0 Å². The van der Waals surface area contributed by atoms with E-state index in [4.69, 9.17) is 10.2 Å². The van der Waals surface area contributed by atoms with Crippen molar-refractivity contribution in [2.24, 2.45) is 11.7 Å². The lowest BCUT2D eigenvalue weighted by Crippen LogP contribution is -2.20. The van der Waals surface area contributed by atoms with Gasteiger partial charge in [0.25, 0.3) is 0 Å². The van der Waals surface area contributed by atoms with Gasteiger partial charge in [-0.15, -0.1) is 0 Å². The Hall–Kier alpha value is -0.760. The van der Waals surface area contributed by atoms with E-state index in [2.05, 4.69) is 13.8 Å². The van der Waals surface area contributed by atoms with E-state index in [1.54, 1.807) is 6.26 Å². The number of hydrogen-bond acceptors (Lipinski definition) is 2. The Morgan fingerprint density at radius 2 is 2.08 bits per heavy atom. The summed E-state index contributed by atoms with van der Waals surface area (Å²) in [4.78, 5) is 0. The molecule has 0 amide bonds. The number of hydrogen-bond donors (Lipinski definition) is 1. The highest BCUT2D eigenvalue weighted by Crippen LogP contribution is 2.28. The van der Waals surface area contributed by atoms with Gasteiger partial charge in [0.05, 0.1) is 6.26 Å². The van der Waals surface area contributed by atoms with Crippen molar-refractivity contribution >= 4 is 0 Å². The molecule has 0 aliphatic carbocycles. The maximum atomic E-state index is 5.76. The third-order valence-corrected chi connectivity index (χ3v) is 2.78. The van der Waals surface area contributed by atoms with Crippen molar-refractivity contribution in [2.45, 2.75) is 32.6 Å².